The van der Waals surface area contributed by atoms with Gasteiger partial charge in [0.2, 0.25) is 11.8 Å². The van der Waals surface area contributed by atoms with Gasteiger partial charge in [-0.2, -0.15) is 0 Å². The van der Waals surface area contributed by atoms with E-state index in [-0.39, 0.29) is 48.5 Å². The fourth-order valence-corrected chi connectivity index (χ4v) is 4.34. The molecular weight excluding hydrogens is 374 g/mol. The zero-order valence-electron chi connectivity index (χ0n) is 12.9. The summed E-state index contributed by atoms with van der Waals surface area (Å²) in [5.41, 5.74) is 0. The van der Waals surface area contributed by atoms with Gasteiger partial charge in [-0.05, 0) is 42.5 Å². The fourth-order valence-electron chi connectivity index (χ4n) is 4.07. The smallest absolute Gasteiger partial charge is 0.312 e. The third kappa shape index (κ3) is 2.49. The molecule has 5 nitrogen and oxygen atoms in total. The second-order valence-corrected chi connectivity index (χ2v) is 7.42. The van der Waals surface area contributed by atoms with Crippen LogP contribution in [0.2, 0.25) is 0 Å². The maximum atomic E-state index is 12.5. The number of benzene rings is 1. The molecule has 0 N–H and O–H groups in total. The summed E-state index contributed by atoms with van der Waals surface area (Å²) < 4.78 is 6.12. The predicted octanol–water partition coefficient (Wildman–Crippen LogP) is 2.55. The van der Waals surface area contributed by atoms with E-state index >= 15 is 0 Å². The molecule has 4 atom stereocenters. The summed E-state index contributed by atoms with van der Waals surface area (Å²) in [5.74, 6) is -0.300. The molecule has 0 unspecified atom stereocenters. The number of carbonyl (C=O) groups excluding carboxylic acids is 3. The van der Waals surface area contributed by atoms with Gasteiger partial charge in [-0.1, -0.05) is 28.1 Å². The molecule has 2 amide bonds. The second kappa shape index (κ2) is 5.84. The highest BCUT2D eigenvalue weighted by Gasteiger charge is 2.59. The molecule has 1 saturated heterocycles. The summed E-state index contributed by atoms with van der Waals surface area (Å²) in [4.78, 5) is 38.2. The van der Waals surface area contributed by atoms with Crippen molar-refractivity contribution in [2.75, 3.05) is 6.54 Å². The third-order valence-electron chi connectivity index (χ3n) is 5.15. The highest BCUT2D eigenvalue weighted by atomic mass is 79.9. The highest BCUT2D eigenvalue weighted by Crippen LogP contribution is 2.52. The minimum Gasteiger partial charge on any atom is -0.426 e. The molecule has 1 saturated carbocycles. The number of halogens is 1. The van der Waals surface area contributed by atoms with Crippen molar-refractivity contribution in [1.82, 2.24) is 4.90 Å². The zero-order valence-corrected chi connectivity index (χ0v) is 14.4. The Kier molecular flexibility index (Phi) is 3.79. The lowest BCUT2D eigenvalue weighted by Crippen LogP contribution is -2.35. The van der Waals surface area contributed by atoms with Crippen molar-refractivity contribution in [3.8, 4) is 5.75 Å². The largest absolute Gasteiger partial charge is 0.426 e. The molecule has 4 rings (SSSR count). The SMILES string of the molecule is O=C(CCN1C(=O)[C@@H]2[C@@H](C1=O)[C@H]1C=C[C@H]2C1)Oc1ccc(Br)cc1. The third-order valence-corrected chi connectivity index (χ3v) is 5.68. The summed E-state index contributed by atoms with van der Waals surface area (Å²) in [7, 11) is 0. The van der Waals surface area contributed by atoms with Gasteiger partial charge in [-0.3, -0.25) is 19.3 Å². The molecule has 24 heavy (non-hydrogen) atoms. The normalized spacial score (nSPS) is 30.1. The fraction of sp³-hybridized carbons (Fsp3) is 0.389. The molecule has 1 aromatic rings. The van der Waals surface area contributed by atoms with E-state index in [1.807, 2.05) is 0 Å². The number of nitrogens with zero attached hydrogens (tertiary/aromatic N) is 1. The second-order valence-electron chi connectivity index (χ2n) is 6.51. The van der Waals surface area contributed by atoms with E-state index < -0.39 is 5.97 Å². The summed E-state index contributed by atoms with van der Waals surface area (Å²) >= 11 is 3.31. The first-order valence-corrected chi connectivity index (χ1v) is 8.83. The molecule has 0 aromatic heterocycles. The van der Waals surface area contributed by atoms with E-state index in [0.717, 1.165) is 10.9 Å². The van der Waals surface area contributed by atoms with Gasteiger partial charge in [0.15, 0.2) is 0 Å². The van der Waals surface area contributed by atoms with Crippen LogP contribution >= 0.6 is 15.9 Å². The van der Waals surface area contributed by atoms with Crippen molar-refractivity contribution in [1.29, 1.82) is 0 Å². The number of esters is 1. The minimum absolute atomic E-state index is 0.00967. The van der Waals surface area contributed by atoms with Gasteiger partial charge >= 0.3 is 5.97 Å². The minimum atomic E-state index is -0.448. The lowest BCUT2D eigenvalue weighted by molar-refractivity contribution is -0.142. The molecule has 0 spiro atoms. The molecule has 1 aromatic carbocycles. The van der Waals surface area contributed by atoms with E-state index in [4.69, 9.17) is 4.74 Å². The van der Waals surface area contributed by atoms with Crippen molar-refractivity contribution in [2.45, 2.75) is 12.8 Å². The number of rotatable bonds is 4. The van der Waals surface area contributed by atoms with Gasteiger partial charge in [0.1, 0.15) is 5.75 Å². The first kappa shape index (κ1) is 15.6. The van der Waals surface area contributed by atoms with E-state index in [9.17, 15) is 14.4 Å². The number of hydrogen-bond acceptors (Lipinski definition) is 4. The molecule has 1 heterocycles. The number of fused-ring (bicyclic) bond motifs is 5. The van der Waals surface area contributed by atoms with Crippen molar-refractivity contribution >= 4 is 33.7 Å². The Balaban J connectivity index is 1.36. The topological polar surface area (TPSA) is 63.7 Å². The summed E-state index contributed by atoms with van der Waals surface area (Å²) in [6.07, 6.45) is 5.03. The van der Waals surface area contributed by atoms with Crippen LogP contribution in [0.4, 0.5) is 0 Å². The molecule has 3 aliphatic rings. The van der Waals surface area contributed by atoms with E-state index in [0.29, 0.717) is 5.75 Å². The Bertz CT molecular complexity index is 712. The maximum Gasteiger partial charge on any atom is 0.312 e. The van der Waals surface area contributed by atoms with E-state index in [1.165, 1.54) is 4.90 Å². The number of allylic oxidation sites excluding steroid dienone is 2. The Morgan fingerprint density at radius 1 is 1.08 bits per heavy atom. The van der Waals surface area contributed by atoms with Gasteiger partial charge in [0, 0.05) is 11.0 Å². The number of hydrogen-bond donors (Lipinski definition) is 0. The molecule has 0 radical (unpaired) electrons. The Morgan fingerprint density at radius 3 is 2.25 bits per heavy atom. The summed E-state index contributed by atoms with van der Waals surface area (Å²) in [6.45, 7) is 0.0967. The molecule has 2 fully saturated rings. The monoisotopic (exact) mass is 389 g/mol. The number of imide groups is 1. The van der Waals surface area contributed by atoms with Gasteiger partial charge < -0.3 is 4.74 Å². The Morgan fingerprint density at radius 2 is 1.67 bits per heavy atom. The lowest BCUT2D eigenvalue weighted by atomic mass is 9.85. The van der Waals surface area contributed by atoms with Crippen LogP contribution in [-0.2, 0) is 14.4 Å². The molecule has 2 bridgehead atoms. The van der Waals surface area contributed by atoms with Crippen LogP contribution in [0.5, 0.6) is 5.75 Å². The van der Waals surface area contributed by atoms with Crippen LogP contribution in [0, 0.1) is 23.7 Å². The summed E-state index contributed by atoms with van der Waals surface area (Å²) in [5, 5.41) is 0. The Hall–Kier alpha value is -1.95. The van der Waals surface area contributed by atoms with Crippen molar-refractivity contribution in [2.24, 2.45) is 23.7 Å². The van der Waals surface area contributed by atoms with Crippen molar-refractivity contribution < 1.29 is 19.1 Å². The highest BCUT2D eigenvalue weighted by molar-refractivity contribution is 9.10. The van der Waals surface area contributed by atoms with E-state index in [2.05, 4.69) is 28.1 Å². The molecule has 6 heteroatoms. The Labute approximate surface area is 147 Å². The number of ether oxygens (including phenoxy) is 1. The average molecular weight is 390 g/mol. The van der Waals surface area contributed by atoms with Gasteiger partial charge in [-0.25, -0.2) is 0 Å². The number of likely N-dealkylation sites (tertiary alicyclic amines) is 1. The van der Waals surface area contributed by atoms with Crippen LogP contribution < -0.4 is 4.74 Å². The van der Waals surface area contributed by atoms with Crippen LogP contribution in [0.25, 0.3) is 0 Å². The van der Waals surface area contributed by atoms with Crippen molar-refractivity contribution in [3.63, 3.8) is 0 Å². The standard InChI is InChI=1S/C18H16BrNO4/c19-12-3-5-13(6-4-12)24-14(21)7-8-20-17(22)15-10-1-2-11(9-10)16(15)18(20)23/h1-6,10-11,15-16H,7-9H2/t10-,11-,15-,16-/m0/s1. The van der Waals surface area contributed by atoms with Crippen LogP contribution in [0.15, 0.2) is 40.9 Å². The average Bonchev–Trinajstić information content (AvgIpc) is 3.23. The van der Waals surface area contributed by atoms with Gasteiger partial charge in [0.25, 0.3) is 0 Å². The predicted molar refractivity (Wildman–Crippen MR) is 88.8 cm³/mol. The lowest BCUT2D eigenvalue weighted by Gasteiger charge is -2.16. The van der Waals surface area contributed by atoms with Crippen LogP contribution in [0.1, 0.15) is 12.8 Å². The number of amides is 2. The first-order chi connectivity index (χ1) is 11.5. The van der Waals surface area contributed by atoms with Crippen LogP contribution in [0.3, 0.4) is 0 Å². The molecular formula is C18H16BrNO4. The summed E-state index contributed by atoms with van der Waals surface area (Å²) in [6, 6.07) is 6.92. The quantitative estimate of drug-likeness (QED) is 0.343. The maximum absolute atomic E-state index is 12.5. The van der Waals surface area contributed by atoms with Gasteiger partial charge in [-0.15, -0.1) is 0 Å². The van der Waals surface area contributed by atoms with Crippen LogP contribution in [-0.4, -0.2) is 29.2 Å². The zero-order chi connectivity index (χ0) is 16.8. The van der Waals surface area contributed by atoms with Crippen molar-refractivity contribution in [3.05, 3.63) is 40.9 Å². The molecule has 124 valence electrons. The molecule has 2 aliphatic carbocycles. The number of carbonyl (C=O) groups is 3. The van der Waals surface area contributed by atoms with E-state index in [1.54, 1.807) is 24.3 Å². The van der Waals surface area contributed by atoms with Gasteiger partial charge in [0.05, 0.1) is 18.3 Å². The first-order valence-electron chi connectivity index (χ1n) is 8.04. The molecule has 1 aliphatic heterocycles.